The van der Waals surface area contributed by atoms with Gasteiger partial charge in [-0.05, 0) is 36.8 Å². The van der Waals surface area contributed by atoms with Crippen LogP contribution in [0.4, 0.5) is 0 Å². The van der Waals surface area contributed by atoms with E-state index in [1.165, 1.54) is 14.2 Å². The number of ether oxygens (including phenoxy) is 3. The number of methoxy groups -OCH3 is 2. The van der Waals surface area contributed by atoms with Gasteiger partial charge in [0.15, 0.2) is 5.78 Å². The lowest BCUT2D eigenvalue weighted by atomic mass is 10.0. The number of aryl methyl sites for hydroxylation is 1. The largest absolute Gasteiger partial charge is 0.496 e. The smallest absolute Gasteiger partial charge is 0.337 e. The van der Waals surface area contributed by atoms with Gasteiger partial charge >= 0.3 is 11.9 Å². The molecule has 0 heterocycles. The standard InChI is InChI=1S/C21H22O6/c1-14-4-10-19(25-2)17(12-14)18(22)9-11-20(23)27-13-15-5-7-16(8-6-15)21(24)26-3/h4-8,10,12H,9,11,13H2,1-3H3. The Labute approximate surface area is 158 Å². The lowest BCUT2D eigenvalue weighted by molar-refractivity contribution is -0.144. The average molecular weight is 370 g/mol. The summed E-state index contributed by atoms with van der Waals surface area (Å²) in [5.41, 5.74) is 2.56. The fourth-order valence-corrected chi connectivity index (χ4v) is 2.48. The summed E-state index contributed by atoms with van der Waals surface area (Å²) < 4.78 is 15.0. The molecule has 0 aromatic heterocycles. The van der Waals surface area contributed by atoms with Gasteiger partial charge in [-0.2, -0.15) is 0 Å². The van der Waals surface area contributed by atoms with Crippen LogP contribution in [0.25, 0.3) is 0 Å². The number of hydrogen-bond acceptors (Lipinski definition) is 6. The highest BCUT2D eigenvalue weighted by Crippen LogP contribution is 2.21. The molecule has 0 N–H and O–H groups in total. The summed E-state index contributed by atoms with van der Waals surface area (Å²) in [6.45, 7) is 1.96. The Kier molecular flexibility index (Phi) is 7.11. The van der Waals surface area contributed by atoms with Crippen molar-refractivity contribution in [3.63, 3.8) is 0 Å². The average Bonchev–Trinajstić information content (AvgIpc) is 2.70. The Hall–Kier alpha value is -3.15. The van der Waals surface area contributed by atoms with Gasteiger partial charge in [-0.3, -0.25) is 9.59 Å². The highest BCUT2D eigenvalue weighted by molar-refractivity contribution is 6.00. The second-order valence-corrected chi connectivity index (χ2v) is 5.98. The lowest BCUT2D eigenvalue weighted by Crippen LogP contribution is -2.09. The van der Waals surface area contributed by atoms with Crippen LogP contribution in [0.5, 0.6) is 5.75 Å². The normalized spacial score (nSPS) is 10.2. The minimum Gasteiger partial charge on any atom is -0.496 e. The first-order valence-electron chi connectivity index (χ1n) is 8.45. The summed E-state index contributed by atoms with van der Waals surface area (Å²) >= 11 is 0. The fraction of sp³-hybridized carbons (Fsp3) is 0.286. The van der Waals surface area contributed by atoms with Crippen LogP contribution >= 0.6 is 0 Å². The van der Waals surface area contributed by atoms with Crippen molar-refractivity contribution in [2.45, 2.75) is 26.4 Å². The van der Waals surface area contributed by atoms with Crippen LogP contribution in [0.2, 0.25) is 0 Å². The first-order chi connectivity index (χ1) is 12.9. The van der Waals surface area contributed by atoms with E-state index in [2.05, 4.69) is 4.74 Å². The van der Waals surface area contributed by atoms with Gasteiger partial charge in [-0.15, -0.1) is 0 Å². The molecule has 142 valence electrons. The van der Waals surface area contributed by atoms with Crippen LogP contribution in [0, 0.1) is 6.92 Å². The molecule has 27 heavy (non-hydrogen) atoms. The molecular formula is C21H22O6. The van der Waals surface area contributed by atoms with E-state index in [0.717, 1.165) is 11.1 Å². The lowest BCUT2D eigenvalue weighted by Gasteiger charge is -2.09. The maximum atomic E-state index is 12.4. The zero-order valence-corrected chi connectivity index (χ0v) is 15.6. The molecule has 0 radical (unpaired) electrons. The van der Waals surface area contributed by atoms with Crippen molar-refractivity contribution in [3.05, 3.63) is 64.7 Å². The maximum Gasteiger partial charge on any atom is 0.337 e. The number of carbonyl (C=O) groups excluding carboxylic acids is 3. The number of hydrogen-bond donors (Lipinski definition) is 0. The van der Waals surface area contributed by atoms with E-state index in [1.807, 2.05) is 13.0 Å². The fourth-order valence-electron chi connectivity index (χ4n) is 2.48. The number of Topliss-reactive ketones (excluding diaryl/α,β-unsaturated/α-hetero) is 1. The van der Waals surface area contributed by atoms with E-state index in [0.29, 0.717) is 16.9 Å². The first kappa shape index (κ1) is 20.2. The molecular weight excluding hydrogens is 348 g/mol. The van der Waals surface area contributed by atoms with Gasteiger partial charge in [0.25, 0.3) is 0 Å². The number of benzene rings is 2. The predicted molar refractivity (Wildman–Crippen MR) is 98.9 cm³/mol. The van der Waals surface area contributed by atoms with Gasteiger partial charge < -0.3 is 14.2 Å². The van der Waals surface area contributed by atoms with Crippen LogP contribution in [-0.2, 0) is 20.9 Å². The van der Waals surface area contributed by atoms with Crippen molar-refractivity contribution in [2.75, 3.05) is 14.2 Å². The Morgan fingerprint density at radius 3 is 2.26 bits per heavy atom. The van der Waals surface area contributed by atoms with Crippen molar-refractivity contribution in [1.29, 1.82) is 0 Å². The monoisotopic (exact) mass is 370 g/mol. The second-order valence-electron chi connectivity index (χ2n) is 5.98. The molecule has 6 heteroatoms. The third kappa shape index (κ3) is 5.67. The van der Waals surface area contributed by atoms with E-state index in [9.17, 15) is 14.4 Å². The molecule has 0 spiro atoms. The molecule has 2 aromatic rings. The Balaban J connectivity index is 1.85. The van der Waals surface area contributed by atoms with Gasteiger partial charge in [0.2, 0.25) is 0 Å². The first-order valence-corrected chi connectivity index (χ1v) is 8.45. The highest BCUT2D eigenvalue weighted by atomic mass is 16.5. The Morgan fingerprint density at radius 1 is 0.926 bits per heavy atom. The van der Waals surface area contributed by atoms with E-state index >= 15 is 0 Å². The van der Waals surface area contributed by atoms with Crippen molar-refractivity contribution < 1.29 is 28.6 Å². The van der Waals surface area contributed by atoms with Crippen molar-refractivity contribution in [3.8, 4) is 5.75 Å². The molecule has 0 amide bonds. The van der Waals surface area contributed by atoms with Gasteiger partial charge in [-0.25, -0.2) is 4.79 Å². The molecule has 0 aliphatic carbocycles. The molecule has 0 fully saturated rings. The molecule has 0 unspecified atom stereocenters. The van der Waals surface area contributed by atoms with Gasteiger partial charge in [0.1, 0.15) is 12.4 Å². The van der Waals surface area contributed by atoms with Crippen molar-refractivity contribution >= 4 is 17.7 Å². The number of ketones is 1. The zero-order chi connectivity index (χ0) is 19.8. The molecule has 0 bridgehead atoms. The van der Waals surface area contributed by atoms with Crippen LogP contribution in [-0.4, -0.2) is 31.9 Å². The second kappa shape index (κ2) is 9.52. The van der Waals surface area contributed by atoms with Crippen LogP contribution in [0.15, 0.2) is 42.5 Å². The third-order valence-corrected chi connectivity index (χ3v) is 3.99. The highest BCUT2D eigenvalue weighted by Gasteiger charge is 2.15. The molecule has 0 atom stereocenters. The summed E-state index contributed by atoms with van der Waals surface area (Å²) in [6, 6.07) is 11.9. The van der Waals surface area contributed by atoms with E-state index in [1.54, 1.807) is 36.4 Å². The molecule has 2 aromatic carbocycles. The molecule has 2 rings (SSSR count). The molecule has 0 saturated carbocycles. The minimum absolute atomic E-state index is 0.0177. The molecule has 6 nitrogen and oxygen atoms in total. The quantitative estimate of drug-likeness (QED) is 0.523. The molecule has 0 saturated heterocycles. The Morgan fingerprint density at radius 2 is 1.63 bits per heavy atom. The topological polar surface area (TPSA) is 78.9 Å². The number of rotatable bonds is 8. The van der Waals surface area contributed by atoms with E-state index < -0.39 is 11.9 Å². The SMILES string of the molecule is COC(=O)c1ccc(COC(=O)CCC(=O)c2cc(C)ccc2OC)cc1. The minimum atomic E-state index is -0.466. The third-order valence-electron chi connectivity index (χ3n) is 3.99. The Bertz CT molecular complexity index is 823. The summed E-state index contributed by atoms with van der Waals surface area (Å²) in [4.78, 5) is 35.6. The number of carbonyl (C=O) groups is 3. The maximum absolute atomic E-state index is 12.4. The summed E-state index contributed by atoms with van der Waals surface area (Å²) in [6.07, 6.45) is 0.0239. The summed E-state index contributed by atoms with van der Waals surface area (Å²) in [5, 5.41) is 0. The van der Waals surface area contributed by atoms with E-state index in [4.69, 9.17) is 9.47 Å². The van der Waals surface area contributed by atoms with E-state index in [-0.39, 0.29) is 25.2 Å². The molecule has 0 aliphatic rings. The number of esters is 2. The molecule has 0 aliphatic heterocycles. The van der Waals surface area contributed by atoms with Gasteiger partial charge in [0, 0.05) is 6.42 Å². The van der Waals surface area contributed by atoms with Crippen molar-refractivity contribution in [2.24, 2.45) is 0 Å². The van der Waals surface area contributed by atoms with Gasteiger partial charge in [-0.1, -0.05) is 23.8 Å². The van der Waals surface area contributed by atoms with Crippen LogP contribution in [0.3, 0.4) is 0 Å². The van der Waals surface area contributed by atoms with Crippen molar-refractivity contribution in [1.82, 2.24) is 0 Å². The van der Waals surface area contributed by atoms with Crippen LogP contribution < -0.4 is 4.74 Å². The van der Waals surface area contributed by atoms with Gasteiger partial charge in [0.05, 0.1) is 31.8 Å². The van der Waals surface area contributed by atoms with Crippen LogP contribution in [0.1, 0.15) is 44.7 Å². The predicted octanol–water partition coefficient (Wildman–Crippen LogP) is 3.50. The summed E-state index contributed by atoms with van der Waals surface area (Å²) in [5.74, 6) is -0.574. The zero-order valence-electron chi connectivity index (χ0n) is 15.6. The summed E-state index contributed by atoms with van der Waals surface area (Å²) in [7, 11) is 2.81.